The number of rotatable bonds is 6. The van der Waals surface area contributed by atoms with Crippen LogP contribution in [0.25, 0.3) is 53.8 Å². The molecule has 0 N–H and O–H groups in total. The van der Waals surface area contributed by atoms with E-state index in [1.54, 1.807) is 0 Å². The molecule has 3 heterocycles. The van der Waals surface area contributed by atoms with Gasteiger partial charge >= 0.3 is 0 Å². The Labute approximate surface area is 330 Å². The minimum absolute atomic E-state index is 0. The summed E-state index contributed by atoms with van der Waals surface area (Å²) in [7, 11) is 7.06. The summed E-state index contributed by atoms with van der Waals surface area (Å²) < 4.78 is 6.55. The van der Waals surface area contributed by atoms with Crippen LogP contribution >= 0.6 is 11.3 Å². The molecule has 0 saturated carbocycles. The van der Waals surface area contributed by atoms with Crippen LogP contribution in [0.4, 0.5) is 0 Å². The molecule has 2 nitrogen and oxygen atoms in total. The topological polar surface area (TPSA) is 7.76 Å². The van der Waals surface area contributed by atoms with Crippen molar-refractivity contribution >= 4 is 44.8 Å². The first kappa shape index (κ1) is 39.0. The van der Waals surface area contributed by atoms with Crippen LogP contribution in [0.15, 0.2) is 109 Å². The van der Waals surface area contributed by atoms with Crippen LogP contribution in [0.1, 0.15) is 41.7 Å². The first-order valence-corrected chi connectivity index (χ1v) is 22.1. The van der Waals surface area contributed by atoms with Gasteiger partial charge < -0.3 is 9.13 Å². The molecule has 0 aliphatic heterocycles. The Bertz CT molecular complexity index is 2370. The predicted molar refractivity (Wildman–Crippen MR) is 224 cm³/mol. The molecule has 1 radical (unpaired) electrons. The molecule has 0 aliphatic rings. The van der Waals surface area contributed by atoms with Gasteiger partial charge in [0, 0.05) is 38.9 Å². The quantitative estimate of drug-likeness (QED) is 0.0893. The molecule has 4 aromatic carbocycles. The third kappa shape index (κ3) is 8.19. The predicted octanol–water partition coefficient (Wildman–Crippen LogP) is 11.3. The van der Waals surface area contributed by atoms with Crippen molar-refractivity contribution < 1.29 is 29.2 Å². The van der Waals surface area contributed by atoms with Crippen LogP contribution in [0, 0.1) is 47.7 Å². The van der Waals surface area contributed by atoms with E-state index in [4.69, 9.17) is 0 Å². The Morgan fingerprint density at radius 3 is 2.08 bits per heavy atom. The van der Waals surface area contributed by atoms with Crippen LogP contribution in [0.5, 0.6) is 0 Å². The van der Waals surface area contributed by atoms with Gasteiger partial charge in [0.2, 0.25) is 0 Å². The Balaban J connectivity index is 0.000000202. The second-order valence-corrected chi connectivity index (χ2v) is 21.4. The van der Waals surface area contributed by atoms with Crippen molar-refractivity contribution in [2.45, 2.75) is 53.8 Å². The third-order valence-electron chi connectivity index (χ3n) is 9.51. The van der Waals surface area contributed by atoms with E-state index in [-0.39, 0.29) is 20.1 Å². The summed E-state index contributed by atoms with van der Waals surface area (Å²) >= 11 is 1.83. The fraction of sp³-hybridized carbons (Fsp3) is 0.191. The van der Waals surface area contributed by atoms with Gasteiger partial charge in [0.1, 0.15) is 0 Å². The van der Waals surface area contributed by atoms with Crippen molar-refractivity contribution in [3.05, 3.63) is 165 Å². The summed E-state index contributed by atoms with van der Waals surface area (Å²) in [5.41, 5.74) is 13.2. The van der Waals surface area contributed by atoms with Gasteiger partial charge in [-0.3, -0.25) is 0 Å². The first-order valence-electron chi connectivity index (χ1n) is 17.7. The van der Waals surface area contributed by atoms with E-state index in [1.807, 2.05) is 26.7 Å². The molecule has 0 amide bonds. The number of aryl methyl sites for hydroxylation is 2. The van der Waals surface area contributed by atoms with Gasteiger partial charge in [0.15, 0.2) is 0 Å². The van der Waals surface area contributed by atoms with E-state index in [0.29, 0.717) is 5.92 Å². The van der Waals surface area contributed by atoms with Crippen LogP contribution < -0.4 is 14.3 Å². The van der Waals surface area contributed by atoms with Gasteiger partial charge in [0.25, 0.3) is 0 Å². The monoisotopic (exact) mass is 895 g/mol. The fourth-order valence-electron chi connectivity index (χ4n) is 6.90. The van der Waals surface area contributed by atoms with E-state index in [9.17, 15) is 0 Å². The summed E-state index contributed by atoms with van der Waals surface area (Å²) in [6, 6.07) is 34.7. The van der Waals surface area contributed by atoms with E-state index in [1.165, 1.54) is 64.3 Å². The summed E-state index contributed by atoms with van der Waals surface area (Å²) in [5, 5.41) is 4.09. The van der Waals surface area contributed by atoms with Gasteiger partial charge in [-0.1, -0.05) is 110 Å². The largest absolute Gasteiger partial charge is 0.343 e. The first-order chi connectivity index (χ1) is 24.2. The average Bonchev–Trinajstić information content (AvgIpc) is 3.45. The summed E-state index contributed by atoms with van der Waals surface area (Å²) in [6.07, 6.45) is 5.40. The van der Waals surface area contributed by atoms with Crippen molar-refractivity contribution in [2.75, 3.05) is 0 Å². The van der Waals surface area contributed by atoms with Gasteiger partial charge in [-0.25, -0.2) is 0 Å². The molecule has 0 bridgehead atoms. The molecule has 269 valence electrons. The molecule has 0 unspecified atom stereocenters. The molecule has 5 heteroatoms. The van der Waals surface area contributed by atoms with Crippen molar-refractivity contribution in [3.8, 4) is 33.6 Å². The summed E-state index contributed by atoms with van der Waals surface area (Å²) in [5.74, 6) is 0.648. The second kappa shape index (κ2) is 15.8. The molecule has 0 atom stereocenters. The Hall–Kier alpha value is -4.25. The number of benzene rings is 4. The number of pyridine rings is 2. The number of hydrogen-bond acceptors (Lipinski definition) is 1. The Kier molecular flexibility index (Phi) is 11.8. The van der Waals surface area contributed by atoms with Gasteiger partial charge in [-0.15, -0.1) is 35.1 Å². The molecule has 0 fully saturated rings. The number of hydrogen-bond donors (Lipinski definition) is 0. The van der Waals surface area contributed by atoms with Crippen LogP contribution in [0.2, 0.25) is 19.6 Å². The maximum Gasteiger partial charge on any atom is 0.0709 e. The SMILES string of the molecule is [CH2-]c1ccc(C)cc1-c1cc(CC(C)C)c([Si](C)(C)C)c[n+]1[CH2-].[CH2-]c1ccc2c(sc3ccc(-c4ccccc4)cc32)c1-c1cc(C)cc[n+]1[CH2-].[Ir]. The zero-order valence-electron chi connectivity index (χ0n) is 31.6. The van der Waals surface area contributed by atoms with E-state index in [0.717, 1.165) is 28.9 Å². The fourth-order valence-corrected chi connectivity index (χ4v) is 9.84. The number of fused-ring (bicyclic) bond motifs is 3. The number of nitrogens with zero attached hydrogens (tertiary/aromatic N) is 2. The maximum absolute atomic E-state index is 4.32. The Morgan fingerprint density at radius 1 is 0.692 bits per heavy atom. The summed E-state index contributed by atoms with van der Waals surface area (Å²) in [6.45, 7) is 24.6. The zero-order chi connectivity index (χ0) is 36.6. The van der Waals surface area contributed by atoms with Crippen LogP contribution in [-0.2, 0) is 26.5 Å². The zero-order valence-corrected chi connectivity index (χ0v) is 35.9. The molecule has 0 saturated heterocycles. The number of thiophene rings is 1. The van der Waals surface area contributed by atoms with E-state index in [2.05, 4.69) is 179 Å². The Morgan fingerprint density at radius 2 is 1.38 bits per heavy atom. The van der Waals surface area contributed by atoms with Crippen molar-refractivity contribution in [3.63, 3.8) is 0 Å². The number of aromatic nitrogens is 2. The minimum Gasteiger partial charge on any atom is -0.343 e. The molecule has 0 aliphatic carbocycles. The molecule has 52 heavy (non-hydrogen) atoms. The smallest absolute Gasteiger partial charge is 0.0709 e. The van der Waals surface area contributed by atoms with Crippen LogP contribution in [0.3, 0.4) is 0 Å². The summed E-state index contributed by atoms with van der Waals surface area (Å²) in [4.78, 5) is 0. The second-order valence-electron chi connectivity index (χ2n) is 15.3. The molecule has 7 aromatic rings. The minimum atomic E-state index is -1.40. The van der Waals surface area contributed by atoms with Crippen LogP contribution in [-0.4, -0.2) is 8.07 Å². The molecule has 0 spiro atoms. The third-order valence-corrected chi connectivity index (χ3v) is 12.8. The van der Waals surface area contributed by atoms with E-state index >= 15 is 0 Å². The average molecular weight is 895 g/mol. The standard InChI is InChI=1S/C26H20NS.C21H30NSi.Ir/c1-17-13-14-27(3)23(15-17)25-18(2)9-11-21-22-16-20(19-7-5-4-6-8-19)10-12-24(22)28-26(21)25;1-15(2)11-18-13-20(19-12-16(3)9-10-17(19)4)22(5)14-21(18)23(6,7)8;/h4-16H,2-3H2,1H3;9-10,12-15H,4-5,11H2,1-3,6-8H3;/q2*-1;. The molecular weight excluding hydrogens is 845 g/mol. The van der Waals surface area contributed by atoms with Crippen molar-refractivity contribution in [1.82, 2.24) is 0 Å². The van der Waals surface area contributed by atoms with E-state index < -0.39 is 8.07 Å². The van der Waals surface area contributed by atoms with Gasteiger partial charge in [-0.05, 0) is 70.1 Å². The van der Waals surface area contributed by atoms with Gasteiger partial charge in [-0.2, -0.15) is 37.1 Å². The normalized spacial score (nSPS) is 11.4. The van der Waals surface area contributed by atoms with Crippen molar-refractivity contribution in [1.29, 1.82) is 0 Å². The molecule has 3 aromatic heterocycles. The van der Waals surface area contributed by atoms with Gasteiger partial charge in [0.05, 0.1) is 31.9 Å². The van der Waals surface area contributed by atoms with Crippen molar-refractivity contribution in [2.24, 2.45) is 5.92 Å². The maximum atomic E-state index is 4.32. The molecule has 7 rings (SSSR count). The molecular formula is C47H50IrN2SSi-2.